The number of carbonyl (C=O) groups excluding carboxylic acids is 1. The summed E-state index contributed by atoms with van der Waals surface area (Å²) in [7, 11) is -3.34. The maximum absolute atomic E-state index is 12.0. The summed E-state index contributed by atoms with van der Waals surface area (Å²) in [5.74, 6) is -0.579. The summed E-state index contributed by atoms with van der Waals surface area (Å²) >= 11 is 0. The average Bonchev–Trinajstić information content (AvgIpc) is 2.90. The molecule has 1 aromatic rings. The van der Waals surface area contributed by atoms with Crippen LogP contribution in [0, 0.1) is 5.92 Å². The van der Waals surface area contributed by atoms with Crippen molar-refractivity contribution in [2.75, 3.05) is 16.8 Å². The van der Waals surface area contributed by atoms with Crippen molar-refractivity contribution in [3.8, 4) is 0 Å². The van der Waals surface area contributed by atoms with Gasteiger partial charge < -0.3 is 11.1 Å². The first kappa shape index (κ1) is 16.0. The zero-order valence-corrected chi connectivity index (χ0v) is 12.9. The van der Waals surface area contributed by atoms with E-state index in [-0.39, 0.29) is 11.7 Å². The third-order valence-corrected chi connectivity index (χ3v) is 5.44. The second-order valence-electron chi connectivity index (χ2n) is 5.66. The predicted octanol–water partition coefficient (Wildman–Crippen LogP) is 1.69. The van der Waals surface area contributed by atoms with Crippen molar-refractivity contribution in [1.29, 1.82) is 0 Å². The van der Waals surface area contributed by atoms with E-state index in [1.165, 1.54) is 0 Å². The third-order valence-electron chi connectivity index (χ3n) is 3.76. The van der Waals surface area contributed by atoms with Crippen LogP contribution in [0.5, 0.6) is 0 Å². The highest BCUT2D eigenvalue weighted by molar-refractivity contribution is 7.92. The molecule has 0 spiro atoms. The van der Waals surface area contributed by atoms with Gasteiger partial charge in [-0.3, -0.25) is 4.79 Å². The molecule has 6 heteroatoms. The molecule has 0 atom stereocenters. The maximum atomic E-state index is 12.0. The first-order valence-corrected chi connectivity index (χ1v) is 9.10. The van der Waals surface area contributed by atoms with Crippen LogP contribution in [-0.4, -0.2) is 25.8 Å². The monoisotopic (exact) mass is 310 g/mol. The number of hydrogen-bond donors (Lipinski definition) is 2. The summed E-state index contributed by atoms with van der Waals surface area (Å²) in [6.45, 7) is 0.379. The van der Waals surface area contributed by atoms with Gasteiger partial charge in [0.25, 0.3) is 0 Å². The van der Waals surface area contributed by atoms with Gasteiger partial charge in [-0.05, 0) is 36.5 Å². The highest BCUT2D eigenvalue weighted by Crippen LogP contribution is 2.26. The minimum Gasteiger partial charge on any atom is -0.326 e. The van der Waals surface area contributed by atoms with Crippen molar-refractivity contribution >= 4 is 21.4 Å². The van der Waals surface area contributed by atoms with Crippen molar-refractivity contribution in [1.82, 2.24) is 0 Å². The highest BCUT2D eigenvalue weighted by Gasteiger charge is 2.24. The van der Waals surface area contributed by atoms with Crippen molar-refractivity contribution < 1.29 is 13.2 Å². The molecule has 0 unspecified atom stereocenters. The van der Waals surface area contributed by atoms with Crippen LogP contribution in [0.1, 0.15) is 31.2 Å². The molecule has 0 heterocycles. The van der Waals surface area contributed by atoms with Crippen molar-refractivity contribution in [3.05, 3.63) is 29.8 Å². The highest BCUT2D eigenvalue weighted by atomic mass is 32.2. The van der Waals surface area contributed by atoms with Gasteiger partial charge in [0.05, 0.1) is 5.75 Å². The van der Waals surface area contributed by atoms with E-state index >= 15 is 0 Å². The van der Waals surface area contributed by atoms with Gasteiger partial charge in [-0.15, -0.1) is 0 Å². The third kappa shape index (κ3) is 5.13. The van der Waals surface area contributed by atoms with Crippen LogP contribution in [-0.2, 0) is 21.2 Å². The standard InChI is InChI=1S/C15H22N2O3S/c16-9-13-6-3-7-14(8-13)17-15(18)11-21(19,20)10-12-4-1-2-5-12/h3,6-8,12H,1-2,4-5,9-11,16H2,(H,17,18). The molecule has 5 nitrogen and oxygen atoms in total. The second-order valence-corrected chi connectivity index (χ2v) is 7.77. The van der Waals surface area contributed by atoms with E-state index in [0.717, 1.165) is 31.2 Å². The zero-order chi connectivity index (χ0) is 15.3. The quantitative estimate of drug-likeness (QED) is 0.836. The Bertz CT molecular complexity index is 593. The van der Waals surface area contributed by atoms with Crippen molar-refractivity contribution in [3.63, 3.8) is 0 Å². The van der Waals surface area contributed by atoms with E-state index in [1.54, 1.807) is 18.2 Å². The summed E-state index contributed by atoms with van der Waals surface area (Å²) in [4.78, 5) is 11.9. The molecule has 21 heavy (non-hydrogen) atoms. The lowest BCUT2D eigenvalue weighted by Crippen LogP contribution is -2.27. The van der Waals surface area contributed by atoms with Crippen LogP contribution in [0.15, 0.2) is 24.3 Å². The van der Waals surface area contributed by atoms with Gasteiger partial charge in [0.2, 0.25) is 5.91 Å². The lowest BCUT2D eigenvalue weighted by Gasteiger charge is -2.10. The van der Waals surface area contributed by atoms with Crippen LogP contribution >= 0.6 is 0 Å². The van der Waals surface area contributed by atoms with Crippen molar-refractivity contribution in [2.24, 2.45) is 11.7 Å². The fourth-order valence-corrected chi connectivity index (χ4v) is 4.41. The molecule has 1 aliphatic rings. The largest absolute Gasteiger partial charge is 0.326 e. The molecule has 1 aromatic carbocycles. The summed E-state index contributed by atoms with van der Waals surface area (Å²) in [5, 5.41) is 2.62. The molecular formula is C15H22N2O3S. The molecule has 0 bridgehead atoms. The Labute approximate surface area is 125 Å². The molecule has 1 saturated carbocycles. The first-order valence-electron chi connectivity index (χ1n) is 7.28. The molecule has 0 aromatic heterocycles. The van der Waals surface area contributed by atoms with Gasteiger partial charge in [-0.25, -0.2) is 8.42 Å². The number of hydrogen-bond acceptors (Lipinski definition) is 4. The Balaban J connectivity index is 1.90. The predicted molar refractivity (Wildman–Crippen MR) is 83.6 cm³/mol. The lowest BCUT2D eigenvalue weighted by molar-refractivity contribution is -0.113. The number of carbonyl (C=O) groups is 1. The summed E-state index contributed by atoms with van der Waals surface area (Å²) in [5.41, 5.74) is 7.01. The van der Waals surface area contributed by atoms with E-state index < -0.39 is 21.5 Å². The first-order chi connectivity index (χ1) is 9.98. The van der Waals surface area contributed by atoms with Gasteiger partial charge in [-0.1, -0.05) is 25.0 Å². The number of amides is 1. The Morgan fingerprint density at radius 1 is 1.29 bits per heavy atom. The van der Waals surface area contributed by atoms with E-state index in [2.05, 4.69) is 5.32 Å². The van der Waals surface area contributed by atoms with Crippen LogP contribution < -0.4 is 11.1 Å². The normalized spacial score (nSPS) is 16.0. The van der Waals surface area contributed by atoms with Gasteiger partial charge in [0.15, 0.2) is 9.84 Å². The molecule has 2 rings (SSSR count). The Morgan fingerprint density at radius 2 is 2.00 bits per heavy atom. The van der Waals surface area contributed by atoms with Gasteiger partial charge in [0, 0.05) is 12.2 Å². The van der Waals surface area contributed by atoms with E-state index in [4.69, 9.17) is 5.73 Å². The number of benzene rings is 1. The molecule has 1 amide bonds. The topological polar surface area (TPSA) is 89.3 Å². The fourth-order valence-electron chi connectivity index (χ4n) is 2.77. The van der Waals surface area contributed by atoms with Gasteiger partial charge in [-0.2, -0.15) is 0 Å². The molecule has 116 valence electrons. The maximum Gasteiger partial charge on any atom is 0.239 e. The molecule has 0 aliphatic heterocycles. The van der Waals surface area contributed by atoms with Gasteiger partial charge in [0.1, 0.15) is 5.75 Å². The summed E-state index contributed by atoms with van der Waals surface area (Å²) in [6.07, 6.45) is 4.11. The molecule has 1 fully saturated rings. The number of rotatable bonds is 6. The molecule has 3 N–H and O–H groups in total. The second kappa shape index (κ2) is 7.04. The minimum atomic E-state index is -3.34. The summed E-state index contributed by atoms with van der Waals surface area (Å²) in [6, 6.07) is 7.11. The van der Waals surface area contributed by atoms with E-state index in [9.17, 15) is 13.2 Å². The Morgan fingerprint density at radius 3 is 2.67 bits per heavy atom. The Hall–Kier alpha value is -1.40. The number of nitrogens with one attached hydrogen (secondary N) is 1. The number of sulfone groups is 1. The van der Waals surface area contributed by atoms with E-state index in [1.807, 2.05) is 6.07 Å². The molecular weight excluding hydrogens is 288 g/mol. The SMILES string of the molecule is NCc1cccc(NC(=O)CS(=O)(=O)CC2CCCC2)c1. The smallest absolute Gasteiger partial charge is 0.239 e. The van der Waals surface area contributed by atoms with Crippen LogP contribution in [0.4, 0.5) is 5.69 Å². The van der Waals surface area contributed by atoms with E-state index in [0.29, 0.717) is 12.2 Å². The molecule has 0 radical (unpaired) electrons. The van der Waals surface area contributed by atoms with Gasteiger partial charge >= 0.3 is 0 Å². The number of nitrogens with two attached hydrogens (primary N) is 1. The molecule has 0 saturated heterocycles. The van der Waals surface area contributed by atoms with Crippen LogP contribution in [0.2, 0.25) is 0 Å². The fraction of sp³-hybridized carbons (Fsp3) is 0.533. The van der Waals surface area contributed by atoms with Crippen LogP contribution in [0.3, 0.4) is 0 Å². The lowest BCUT2D eigenvalue weighted by atomic mass is 10.1. The average molecular weight is 310 g/mol. The minimum absolute atomic E-state index is 0.128. The van der Waals surface area contributed by atoms with Crippen LogP contribution in [0.25, 0.3) is 0 Å². The van der Waals surface area contributed by atoms with Crippen molar-refractivity contribution in [2.45, 2.75) is 32.2 Å². The number of anilines is 1. The summed E-state index contributed by atoms with van der Waals surface area (Å²) < 4.78 is 24.1. The molecule has 1 aliphatic carbocycles. The zero-order valence-electron chi connectivity index (χ0n) is 12.0. The Kier molecular flexibility index (Phi) is 5.36.